The summed E-state index contributed by atoms with van der Waals surface area (Å²) in [5, 5.41) is 9.03. The monoisotopic (exact) mass is 271 g/mol. The molecule has 1 aliphatic heterocycles. The first-order chi connectivity index (χ1) is 9.05. The highest BCUT2D eigenvalue weighted by Crippen LogP contribution is 2.36. The van der Waals surface area contributed by atoms with Crippen molar-refractivity contribution in [1.82, 2.24) is 4.90 Å². The average Bonchev–Trinajstić information content (AvgIpc) is 2.62. The number of carboxylic acid groups (broad SMARTS) is 1. The molecule has 0 aliphatic carbocycles. The highest BCUT2D eigenvalue weighted by atomic mass is 16.5. The molecule has 1 unspecified atom stereocenters. The van der Waals surface area contributed by atoms with E-state index in [4.69, 9.17) is 9.84 Å². The molecule has 1 atom stereocenters. The number of ether oxygens (including phenoxy) is 1. The fourth-order valence-corrected chi connectivity index (χ4v) is 2.55. The molecule has 1 amide bonds. The second kappa shape index (κ2) is 7.36. The lowest BCUT2D eigenvalue weighted by Gasteiger charge is -2.29. The van der Waals surface area contributed by atoms with Crippen LogP contribution in [-0.4, -0.2) is 41.8 Å². The van der Waals surface area contributed by atoms with Gasteiger partial charge in [0.15, 0.2) is 0 Å². The van der Waals surface area contributed by atoms with E-state index in [1.165, 1.54) is 4.90 Å². The van der Waals surface area contributed by atoms with E-state index in [0.29, 0.717) is 32.5 Å². The molecule has 0 radical (unpaired) electrons. The first-order valence-electron chi connectivity index (χ1n) is 7.21. The van der Waals surface area contributed by atoms with Gasteiger partial charge in [0.1, 0.15) is 0 Å². The van der Waals surface area contributed by atoms with Gasteiger partial charge < -0.3 is 14.7 Å². The molecule has 110 valence electrons. The number of likely N-dealkylation sites (tertiary alicyclic amines) is 1. The molecule has 1 rings (SSSR count). The fourth-order valence-electron chi connectivity index (χ4n) is 2.55. The number of carbonyl (C=O) groups excluding carboxylic acids is 1. The van der Waals surface area contributed by atoms with Crippen LogP contribution in [0.1, 0.15) is 52.4 Å². The van der Waals surface area contributed by atoms with Crippen LogP contribution in [-0.2, 0) is 9.53 Å². The maximum atomic E-state index is 12.3. The van der Waals surface area contributed by atoms with Crippen LogP contribution in [0.5, 0.6) is 0 Å². The predicted molar refractivity (Wildman–Crippen MR) is 72.0 cm³/mol. The van der Waals surface area contributed by atoms with Gasteiger partial charge in [0.2, 0.25) is 0 Å². The third-order valence-electron chi connectivity index (χ3n) is 4.05. The smallest absolute Gasteiger partial charge is 0.407 e. The molecular formula is C14H25NO4. The lowest BCUT2D eigenvalue weighted by atomic mass is 9.78. The van der Waals surface area contributed by atoms with Crippen LogP contribution in [0.15, 0.2) is 0 Å². The zero-order valence-electron chi connectivity index (χ0n) is 12.0. The molecule has 1 saturated heterocycles. The van der Waals surface area contributed by atoms with Crippen LogP contribution in [0, 0.1) is 5.41 Å². The van der Waals surface area contributed by atoms with Crippen molar-refractivity contribution in [3.05, 3.63) is 0 Å². The number of unbranched alkanes of at least 4 members (excludes halogenated alkanes) is 1. The zero-order chi connectivity index (χ0) is 14.3. The molecule has 1 aliphatic rings. The largest absolute Gasteiger partial charge is 0.465 e. The van der Waals surface area contributed by atoms with Gasteiger partial charge in [0, 0.05) is 13.1 Å². The number of hydrogen-bond donors (Lipinski definition) is 1. The summed E-state index contributed by atoms with van der Waals surface area (Å²) in [7, 11) is 0. The van der Waals surface area contributed by atoms with Gasteiger partial charge in [-0.1, -0.05) is 20.3 Å². The van der Waals surface area contributed by atoms with Crippen LogP contribution in [0.2, 0.25) is 0 Å². The molecule has 0 saturated carbocycles. The summed E-state index contributed by atoms with van der Waals surface area (Å²) < 4.78 is 5.36. The van der Waals surface area contributed by atoms with Crippen molar-refractivity contribution in [3.63, 3.8) is 0 Å². The van der Waals surface area contributed by atoms with Crippen molar-refractivity contribution in [2.45, 2.75) is 52.4 Å². The summed E-state index contributed by atoms with van der Waals surface area (Å²) in [6, 6.07) is 0. The Kier molecular flexibility index (Phi) is 6.12. The summed E-state index contributed by atoms with van der Waals surface area (Å²) in [5.74, 6) is -0.143. The fraction of sp³-hybridized carbons (Fsp3) is 0.857. The van der Waals surface area contributed by atoms with Gasteiger partial charge >= 0.3 is 12.1 Å². The van der Waals surface area contributed by atoms with E-state index in [0.717, 1.165) is 25.7 Å². The van der Waals surface area contributed by atoms with Crippen LogP contribution < -0.4 is 0 Å². The molecule has 0 aromatic rings. The van der Waals surface area contributed by atoms with Crippen LogP contribution in [0.3, 0.4) is 0 Å². The Morgan fingerprint density at radius 2 is 2.00 bits per heavy atom. The summed E-state index contributed by atoms with van der Waals surface area (Å²) in [6.07, 6.45) is 3.71. The van der Waals surface area contributed by atoms with Crippen molar-refractivity contribution in [3.8, 4) is 0 Å². The number of esters is 1. The Morgan fingerprint density at radius 1 is 1.26 bits per heavy atom. The first-order valence-corrected chi connectivity index (χ1v) is 7.21. The maximum absolute atomic E-state index is 12.3. The topological polar surface area (TPSA) is 66.8 Å². The van der Waals surface area contributed by atoms with Crippen molar-refractivity contribution >= 4 is 12.1 Å². The van der Waals surface area contributed by atoms with Gasteiger partial charge in [-0.3, -0.25) is 4.79 Å². The van der Waals surface area contributed by atoms with Crippen LogP contribution >= 0.6 is 0 Å². The minimum atomic E-state index is -0.897. The second-order valence-electron chi connectivity index (χ2n) is 5.25. The van der Waals surface area contributed by atoms with E-state index >= 15 is 0 Å². The number of nitrogens with zero attached hydrogens (tertiary/aromatic N) is 1. The van der Waals surface area contributed by atoms with Gasteiger partial charge in [0.05, 0.1) is 12.0 Å². The molecule has 1 fully saturated rings. The molecule has 0 aromatic carbocycles. The summed E-state index contributed by atoms with van der Waals surface area (Å²) >= 11 is 0. The van der Waals surface area contributed by atoms with E-state index < -0.39 is 11.5 Å². The van der Waals surface area contributed by atoms with Gasteiger partial charge in [-0.2, -0.15) is 0 Å². The van der Waals surface area contributed by atoms with Crippen molar-refractivity contribution < 1.29 is 19.4 Å². The Hall–Kier alpha value is -1.26. The van der Waals surface area contributed by atoms with E-state index in [1.54, 1.807) is 0 Å². The van der Waals surface area contributed by atoms with Crippen molar-refractivity contribution in [2.24, 2.45) is 5.41 Å². The quantitative estimate of drug-likeness (QED) is 0.616. The highest BCUT2D eigenvalue weighted by molar-refractivity contribution is 5.77. The Morgan fingerprint density at radius 3 is 2.58 bits per heavy atom. The Bertz CT molecular complexity index is 319. The normalized spacial score (nSPS) is 23.8. The van der Waals surface area contributed by atoms with Crippen LogP contribution in [0.25, 0.3) is 0 Å². The molecule has 0 bridgehead atoms. The lowest BCUT2D eigenvalue weighted by Crippen LogP contribution is -2.35. The summed E-state index contributed by atoms with van der Waals surface area (Å²) in [4.78, 5) is 24.7. The van der Waals surface area contributed by atoms with Crippen molar-refractivity contribution in [2.75, 3.05) is 19.7 Å². The van der Waals surface area contributed by atoms with Gasteiger partial charge in [-0.15, -0.1) is 0 Å². The third-order valence-corrected chi connectivity index (χ3v) is 4.05. The Balaban J connectivity index is 2.64. The molecule has 5 nitrogen and oxygen atoms in total. The lowest BCUT2D eigenvalue weighted by molar-refractivity contribution is -0.157. The first kappa shape index (κ1) is 15.8. The molecule has 19 heavy (non-hydrogen) atoms. The third kappa shape index (κ3) is 4.11. The Labute approximate surface area is 114 Å². The molecule has 5 heteroatoms. The zero-order valence-corrected chi connectivity index (χ0v) is 12.0. The van der Waals surface area contributed by atoms with E-state index in [-0.39, 0.29) is 5.97 Å². The standard InChI is InChI=1S/C14H25NO4/c1-3-5-11-19-12(16)14(4-2)7-6-9-15(10-8-14)13(17)18/h3-11H2,1-2H3,(H,17,18). The second-order valence-corrected chi connectivity index (χ2v) is 5.25. The number of hydrogen-bond acceptors (Lipinski definition) is 3. The number of amides is 1. The molecule has 1 heterocycles. The molecule has 0 spiro atoms. The van der Waals surface area contributed by atoms with Gasteiger partial charge in [-0.25, -0.2) is 4.79 Å². The molecule has 0 aromatic heterocycles. The SMILES string of the molecule is CCCCOC(=O)C1(CC)CCCN(C(=O)O)CC1. The number of carbonyl (C=O) groups is 2. The summed E-state index contributed by atoms with van der Waals surface area (Å²) in [6.45, 7) is 5.45. The van der Waals surface area contributed by atoms with E-state index in [9.17, 15) is 9.59 Å². The maximum Gasteiger partial charge on any atom is 0.407 e. The predicted octanol–water partition coefficient (Wildman–Crippen LogP) is 2.89. The minimum absolute atomic E-state index is 0.143. The average molecular weight is 271 g/mol. The number of rotatable bonds is 5. The van der Waals surface area contributed by atoms with Crippen molar-refractivity contribution in [1.29, 1.82) is 0 Å². The molecular weight excluding hydrogens is 246 g/mol. The van der Waals surface area contributed by atoms with E-state index in [2.05, 4.69) is 6.92 Å². The minimum Gasteiger partial charge on any atom is -0.465 e. The van der Waals surface area contributed by atoms with Gasteiger partial charge in [0.25, 0.3) is 0 Å². The molecule has 1 N–H and O–H groups in total. The van der Waals surface area contributed by atoms with E-state index in [1.807, 2.05) is 6.92 Å². The summed E-state index contributed by atoms with van der Waals surface area (Å²) in [5.41, 5.74) is -0.488. The van der Waals surface area contributed by atoms with Gasteiger partial charge in [-0.05, 0) is 32.1 Å². The highest BCUT2D eigenvalue weighted by Gasteiger charge is 2.40. The van der Waals surface area contributed by atoms with Crippen LogP contribution in [0.4, 0.5) is 4.79 Å².